The molecule has 0 aromatic heterocycles. The molecule has 0 spiro atoms. The summed E-state index contributed by atoms with van der Waals surface area (Å²) < 4.78 is 1.72. The molecule has 0 heterocycles. The van der Waals surface area contributed by atoms with E-state index in [0.29, 0.717) is 5.69 Å². The highest BCUT2D eigenvalue weighted by Crippen LogP contribution is 2.23. The van der Waals surface area contributed by atoms with Crippen molar-refractivity contribution in [3.05, 3.63) is 27.1 Å². The van der Waals surface area contributed by atoms with Gasteiger partial charge < -0.3 is 5.73 Å². The molecule has 1 rings (SSSR count). The van der Waals surface area contributed by atoms with Crippen LogP contribution in [-0.4, -0.2) is 11.5 Å². The molecule has 0 aliphatic carbocycles. The number of hydrogen-bond acceptors (Lipinski definition) is 4. The molecular weight excluding hydrogens is 338 g/mol. The third-order valence-electron chi connectivity index (χ3n) is 1.52. The lowest BCUT2D eigenvalue weighted by atomic mass is 10.3. The zero-order valence-electron chi connectivity index (χ0n) is 7.96. The van der Waals surface area contributed by atoms with Crippen LogP contribution < -0.4 is 11.2 Å². The predicted octanol–water partition coefficient (Wildman–Crippen LogP) is 2.44. The van der Waals surface area contributed by atoms with Crippen molar-refractivity contribution >= 4 is 49.1 Å². The van der Waals surface area contributed by atoms with Gasteiger partial charge in [-0.25, -0.2) is 0 Å². The maximum absolute atomic E-state index is 8.62. The van der Waals surface area contributed by atoms with Crippen LogP contribution in [0.4, 0.5) is 5.69 Å². The van der Waals surface area contributed by atoms with Crippen LogP contribution in [0.25, 0.3) is 0 Å². The van der Waals surface area contributed by atoms with E-state index < -0.39 is 0 Å². The van der Waals surface area contributed by atoms with Gasteiger partial charge in [0, 0.05) is 8.95 Å². The summed E-state index contributed by atoms with van der Waals surface area (Å²) in [6.45, 7) is 0. The normalized spacial score (nSPS) is 10.7. The van der Waals surface area contributed by atoms with Gasteiger partial charge >= 0.3 is 0 Å². The van der Waals surface area contributed by atoms with Crippen LogP contribution >= 0.6 is 31.9 Å². The number of nitrogens with zero attached hydrogens (tertiary/aromatic N) is 2. The first-order valence-corrected chi connectivity index (χ1v) is 5.66. The Morgan fingerprint density at radius 3 is 2.38 bits per heavy atom. The van der Waals surface area contributed by atoms with Crippen molar-refractivity contribution in [3.8, 4) is 6.07 Å². The summed E-state index contributed by atoms with van der Waals surface area (Å²) in [5.74, 6) is -0.371. The zero-order valence-corrected chi connectivity index (χ0v) is 11.1. The van der Waals surface area contributed by atoms with Crippen LogP contribution in [-0.2, 0) is 0 Å². The molecule has 0 radical (unpaired) electrons. The van der Waals surface area contributed by atoms with E-state index in [1.54, 1.807) is 18.2 Å². The van der Waals surface area contributed by atoms with Crippen LogP contribution in [0.1, 0.15) is 0 Å². The summed E-state index contributed by atoms with van der Waals surface area (Å²) in [6.07, 6.45) is 0. The quantitative estimate of drug-likeness (QED) is 0.446. The second-order valence-electron chi connectivity index (χ2n) is 2.76. The van der Waals surface area contributed by atoms with Gasteiger partial charge in [-0.2, -0.15) is 10.4 Å². The number of halogens is 2. The van der Waals surface area contributed by atoms with Gasteiger partial charge in [0.15, 0.2) is 5.84 Å². The number of hydrogen-bond donors (Lipinski definition) is 3. The van der Waals surface area contributed by atoms with E-state index in [0.717, 1.165) is 8.95 Å². The molecular formula is C9H7Br2N5. The molecule has 0 saturated heterocycles. The average Bonchev–Trinajstić information content (AvgIpc) is 2.16. The lowest BCUT2D eigenvalue weighted by molar-refractivity contribution is 1.33. The summed E-state index contributed by atoms with van der Waals surface area (Å²) in [4.78, 5) is 0. The van der Waals surface area contributed by atoms with Crippen molar-refractivity contribution in [2.75, 3.05) is 5.43 Å². The van der Waals surface area contributed by atoms with Crippen LogP contribution in [0, 0.1) is 16.7 Å². The Hall–Kier alpha value is -1.39. The molecule has 82 valence electrons. The number of hydrazone groups is 1. The molecule has 7 heteroatoms. The van der Waals surface area contributed by atoms with Crippen LogP contribution in [0.3, 0.4) is 0 Å². The summed E-state index contributed by atoms with van der Waals surface area (Å²) in [6, 6.07) is 7.14. The standard InChI is InChI=1S/C9H7Br2N5/c10-5-1-6(11)3-7(2-5)15-16-8(4-12)9(13)14/h1-3,15H,(H3,13,14)/b16-8+. The topological polar surface area (TPSA) is 98.0 Å². The molecule has 0 aliphatic rings. The minimum absolute atomic E-state index is 0.156. The number of nitriles is 1. The molecule has 16 heavy (non-hydrogen) atoms. The van der Waals surface area contributed by atoms with Crippen molar-refractivity contribution in [1.29, 1.82) is 10.7 Å². The molecule has 4 N–H and O–H groups in total. The van der Waals surface area contributed by atoms with E-state index >= 15 is 0 Å². The molecule has 0 saturated carbocycles. The Kier molecular flexibility index (Phi) is 4.46. The van der Waals surface area contributed by atoms with E-state index in [2.05, 4.69) is 42.4 Å². The van der Waals surface area contributed by atoms with Gasteiger partial charge in [-0.3, -0.25) is 10.8 Å². The van der Waals surface area contributed by atoms with Gasteiger partial charge in [0.2, 0.25) is 5.71 Å². The third kappa shape index (κ3) is 3.64. The lowest BCUT2D eigenvalue weighted by Crippen LogP contribution is -2.21. The van der Waals surface area contributed by atoms with Crippen molar-refractivity contribution in [2.24, 2.45) is 10.8 Å². The van der Waals surface area contributed by atoms with Gasteiger partial charge in [-0.1, -0.05) is 31.9 Å². The van der Waals surface area contributed by atoms with E-state index in [1.165, 1.54) is 0 Å². The minimum Gasteiger partial charge on any atom is -0.382 e. The smallest absolute Gasteiger partial charge is 0.201 e. The van der Waals surface area contributed by atoms with Crippen molar-refractivity contribution in [2.45, 2.75) is 0 Å². The summed E-state index contributed by atoms with van der Waals surface area (Å²) in [5, 5.41) is 19.4. The van der Waals surface area contributed by atoms with E-state index in [-0.39, 0.29) is 11.5 Å². The molecule has 0 atom stereocenters. The van der Waals surface area contributed by atoms with E-state index in [1.807, 2.05) is 6.07 Å². The minimum atomic E-state index is -0.371. The second-order valence-corrected chi connectivity index (χ2v) is 4.59. The molecule has 0 aliphatic heterocycles. The Labute approximate surface area is 109 Å². The van der Waals surface area contributed by atoms with Crippen LogP contribution in [0.15, 0.2) is 32.2 Å². The van der Waals surface area contributed by atoms with Gasteiger partial charge in [0.05, 0.1) is 5.69 Å². The number of nitrogens with two attached hydrogens (primary N) is 1. The van der Waals surface area contributed by atoms with Crippen molar-refractivity contribution < 1.29 is 0 Å². The van der Waals surface area contributed by atoms with Gasteiger partial charge in [-0.05, 0) is 18.2 Å². The molecule has 5 nitrogen and oxygen atoms in total. The summed E-state index contributed by atoms with van der Waals surface area (Å²) >= 11 is 6.63. The molecule has 0 bridgehead atoms. The predicted molar refractivity (Wildman–Crippen MR) is 70.4 cm³/mol. The first-order valence-electron chi connectivity index (χ1n) is 4.07. The number of anilines is 1. The van der Waals surface area contributed by atoms with Gasteiger partial charge in [-0.15, -0.1) is 0 Å². The van der Waals surface area contributed by atoms with Gasteiger partial charge in [0.1, 0.15) is 6.07 Å². The fourth-order valence-corrected chi connectivity index (χ4v) is 2.18. The fraction of sp³-hybridized carbons (Fsp3) is 0. The first kappa shape index (κ1) is 12.7. The largest absolute Gasteiger partial charge is 0.382 e. The fourth-order valence-electron chi connectivity index (χ4n) is 0.884. The molecule has 1 aromatic carbocycles. The third-order valence-corrected chi connectivity index (χ3v) is 2.44. The summed E-state index contributed by atoms with van der Waals surface area (Å²) in [7, 11) is 0. The Morgan fingerprint density at radius 1 is 1.38 bits per heavy atom. The second kappa shape index (κ2) is 5.63. The van der Waals surface area contributed by atoms with Crippen molar-refractivity contribution in [3.63, 3.8) is 0 Å². The highest BCUT2D eigenvalue weighted by atomic mass is 79.9. The maximum atomic E-state index is 8.62. The highest BCUT2D eigenvalue weighted by molar-refractivity contribution is 9.11. The monoisotopic (exact) mass is 343 g/mol. The molecule has 0 unspecified atom stereocenters. The molecule has 0 fully saturated rings. The van der Waals surface area contributed by atoms with Gasteiger partial charge in [0.25, 0.3) is 0 Å². The van der Waals surface area contributed by atoms with E-state index in [9.17, 15) is 0 Å². The summed E-state index contributed by atoms with van der Waals surface area (Å²) in [5.41, 5.74) is 8.31. The Balaban J connectivity index is 2.90. The first-order chi connectivity index (χ1) is 7.52. The number of benzene rings is 1. The Morgan fingerprint density at radius 2 is 1.94 bits per heavy atom. The molecule has 0 amide bonds. The number of nitrogens with one attached hydrogen (secondary N) is 2. The Bertz CT molecular complexity index is 469. The number of amidine groups is 1. The van der Waals surface area contributed by atoms with Crippen LogP contribution in [0.5, 0.6) is 0 Å². The lowest BCUT2D eigenvalue weighted by Gasteiger charge is -2.02. The van der Waals surface area contributed by atoms with E-state index in [4.69, 9.17) is 16.4 Å². The van der Waals surface area contributed by atoms with Crippen LogP contribution in [0.2, 0.25) is 0 Å². The maximum Gasteiger partial charge on any atom is 0.201 e. The zero-order chi connectivity index (χ0) is 12.1. The molecule has 1 aromatic rings. The average molecular weight is 345 g/mol. The van der Waals surface area contributed by atoms with Crippen molar-refractivity contribution in [1.82, 2.24) is 0 Å². The highest BCUT2D eigenvalue weighted by Gasteiger charge is 2.01. The number of rotatable bonds is 3. The SMILES string of the molecule is N#C/C(=N\Nc1cc(Br)cc(Br)c1)C(=N)N.